The molecule has 0 radical (unpaired) electrons. The second kappa shape index (κ2) is 13.1. The summed E-state index contributed by atoms with van der Waals surface area (Å²) in [6.07, 6.45) is -10.6. The Labute approximate surface area is 210 Å². The van der Waals surface area contributed by atoms with E-state index in [9.17, 15) is 39.2 Å². The fraction of sp³-hybridized carbons (Fsp3) is 0.375. The van der Waals surface area contributed by atoms with Gasteiger partial charge in [-0.25, -0.2) is 9.59 Å². The molecule has 0 aliphatic carbocycles. The van der Waals surface area contributed by atoms with Crippen molar-refractivity contribution in [2.45, 2.75) is 43.7 Å². The number of aliphatic hydroxyl groups excluding tert-OH is 3. The zero-order valence-electron chi connectivity index (χ0n) is 19.5. The van der Waals surface area contributed by atoms with Gasteiger partial charge in [0.25, 0.3) is 0 Å². The molecule has 12 nitrogen and oxygen atoms in total. The highest BCUT2D eigenvalue weighted by Gasteiger charge is 2.48. The SMILES string of the molecule is O=C(CNCCc1ccccc1)Nc1cc(COC(=O)F)ccc1OC1OC(C(=O)O)C(O)C(O)C1O. The number of anilines is 1. The molecule has 0 bridgehead atoms. The molecule has 2 aromatic carbocycles. The molecule has 3 rings (SSSR count). The molecular formula is C24H27FN2O10. The lowest BCUT2D eigenvalue weighted by Gasteiger charge is -2.38. The number of carbonyl (C=O) groups excluding carboxylic acids is 2. The summed E-state index contributed by atoms with van der Waals surface area (Å²) >= 11 is 0. The normalized spacial score (nSPS) is 23.2. The largest absolute Gasteiger partial charge is 0.495 e. The van der Waals surface area contributed by atoms with E-state index in [1.807, 2.05) is 30.3 Å². The van der Waals surface area contributed by atoms with Crippen LogP contribution in [0.5, 0.6) is 5.75 Å². The molecule has 13 heteroatoms. The van der Waals surface area contributed by atoms with Gasteiger partial charge in [-0.15, -0.1) is 4.39 Å². The lowest BCUT2D eigenvalue weighted by Crippen LogP contribution is -2.61. The third-order valence-corrected chi connectivity index (χ3v) is 5.45. The highest BCUT2D eigenvalue weighted by atomic mass is 19.1. The van der Waals surface area contributed by atoms with Gasteiger partial charge in [0.05, 0.1) is 12.2 Å². The van der Waals surface area contributed by atoms with Crippen molar-refractivity contribution in [1.29, 1.82) is 0 Å². The number of rotatable bonds is 11. The molecule has 1 heterocycles. The van der Waals surface area contributed by atoms with Crippen LogP contribution in [0.4, 0.5) is 14.9 Å². The Morgan fingerprint density at radius 3 is 2.38 bits per heavy atom. The lowest BCUT2D eigenvalue weighted by molar-refractivity contribution is -0.271. The highest BCUT2D eigenvalue weighted by molar-refractivity contribution is 5.93. The van der Waals surface area contributed by atoms with E-state index in [1.165, 1.54) is 18.2 Å². The van der Waals surface area contributed by atoms with E-state index in [1.54, 1.807) is 0 Å². The summed E-state index contributed by atoms with van der Waals surface area (Å²) in [7, 11) is 0. The van der Waals surface area contributed by atoms with E-state index in [-0.39, 0.29) is 23.5 Å². The van der Waals surface area contributed by atoms with E-state index in [4.69, 9.17) is 9.47 Å². The van der Waals surface area contributed by atoms with Crippen LogP contribution in [0.25, 0.3) is 0 Å². The van der Waals surface area contributed by atoms with E-state index >= 15 is 0 Å². The summed E-state index contributed by atoms with van der Waals surface area (Å²) in [4.78, 5) is 34.4. The summed E-state index contributed by atoms with van der Waals surface area (Å²) in [6, 6.07) is 13.6. The van der Waals surface area contributed by atoms with E-state index in [2.05, 4.69) is 15.4 Å². The molecule has 0 saturated carbocycles. The van der Waals surface area contributed by atoms with Crippen LogP contribution in [0.2, 0.25) is 0 Å². The number of carboxylic acid groups (broad SMARTS) is 1. The second-order valence-electron chi connectivity index (χ2n) is 8.17. The number of carboxylic acids is 1. The third kappa shape index (κ3) is 7.93. The van der Waals surface area contributed by atoms with Crippen LogP contribution < -0.4 is 15.4 Å². The van der Waals surface area contributed by atoms with Gasteiger partial charge in [0.2, 0.25) is 12.2 Å². The molecule has 0 spiro atoms. The Kier molecular flexibility index (Phi) is 9.88. The average molecular weight is 522 g/mol. The molecule has 5 atom stereocenters. The third-order valence-electron chi connectivity index (χ3n) is 5.45. The molecule has 6 N–H and O–H groups in total. The first-order valence-electron chi connectivity index (χ1n) is 11.2. The molecule has 1 aliphatic rings. The summed E-state index contributed by atoms with van der Waals surface area (Å²) < 4.78 is 27.5. The molecular weight excluding hydrogens is 495 g/mol. The van der Waals surface area contributed by atoms with Crippen LogP contribution in [0.3, 0.4) is 0 Å². The van der Waals surface area contributed by atoms with Gasteiger partial charge in [0.1, 0.15) is 30.7 Å². The Bertz CT molecular complexity index is 1090. The number of aliphatic carboxylic acids is 1. The quantitative estimate of drug-likeness (QED) is 0.177. The smallest absolute Gasteiger partial charge is 0.479 e. The maximum absolute atomic E-state index is 12.5. The summed E-state index contributed by atoms with van der Waals surface area (Å²) in [5, 5.41) is 44.9. The number of ether oxygens (including phenoxy) is 3. The van der Waals surface area contributed by atoms with Gasteiger partial charge in [-0.3, -0.25) is 4.79 Å². The van der Waals surface area contributed by atoms with Gasteiger partial charge < -0.3 is 45.3 Å². The number of amides is 1. The molecule has 1 amide bonds. The van der Waals surface area contributed by atoms with Crippen LogP contribution in [-0.2, 0) is 32.1 Å². The molecule has 1 fully saturated rings. The number of nitrogens with one attached hydrogen (secondary N) is 2. The van der Waals surface area contributed by atoms with Crippen molar-refractivity contribution < 1.29 is 53.4 Å². The van der Waals surface area contributed by atoms with Crippen LogP contribution in [0.15, 0.2) is 48.5 Å². The van der Waals surface area contributed by atoms with Crippen molar-refractivity contribution in [3.63, 3.8) is 0 Å². The van der Waals surface area contributed by atoms with Gasteiger partial charge in [-0.1, -0.05) is 36.4 Å². The number of aliphatic hydroxyl groups is 3. The first-order valence-corrected chi connectivity index (χ1v) is 11.2. The van der Waals surface area contributed by atoms with Crippen LogP contribution in [0.1, 0.15) is 11.1 Å². The fourth-order valence-corrected chi connectivity index (χ4v) is 3.56. The summed E-state index contributed by atoms with van der Waals surface area (Å²) in [6.45, 7) is -0.0426. The summed E-state index contributed by atoms with van der Waals surface area (Å²) in [5.74, 6) is -2.20. The Morgan fingerprint density at radius 2 is 1.70 bits per heavy atom. The molecule has 200 valence electrons. The minimum absolute atomic E-state index is 0.00514. The van der Waals surface area contributed by atoms with Crippen molar-refractivity contribution >= 4 is 23.8 Å². The summed E-state index contributed by atoms with van der Waals surface area (Å²) in [5.41, 5.74) is 1.36. The monoisotopic (exact) mass is 522 g/mol. The Morgan fingerprint density at radius 1 is 0.973 bits per heavy atom. The predicted octanol–water partition coefficient (Wildman–Crippen LogP) is 0.334. The van der Waals surface area contributed by atoms with E-state index in [0.29, 0.717) is 13.0 Å². The number of hydrogen-bond donors (Lipinski definition) is 6. The minimum Gasteiger partial charge on any atom is -0.479 e. The molecule has 1 aliphatic heterocycles. The Hall–Kier alpha value is -3.62. The zero-order chi connectivity index (χ0) is 26.9. The van der Waals surface area contributed by atoms with Crippen molar-refractivity contribution in [1.82, 2.24) is 5.32 Å². The van der Waals surface area contributed by atoms with Crippen molar-refractivity contribution in [2.24, 2.45) is 0 Å². The first kappa shape index (κ1) is 28.0. The molecule has 2 aromatic rings. The zero-order valence-corrected chi connectivity index (χ0v) is 19.5. The molecule has 37 heavy (non-hydrogen) atoms. The topological polar surface area (TPSA) is 184 Å². The van der Waals surface area contributed by atoms with Crippen LogP contribution in [-0.4, -0.2) is 82.3 Å². The number of hydrogen-bond acceptors (Lipinski definition) is 10. The van der Waals surface area contributed by atoms with Crippen molar-refractivity contribution in [3.8, 4) is 5.75 Å². The highest BCUT2D eigenvalue weighted by Crippen LogP contribution is 2.31. The second-order valence-corrected chi connectivity index (χ2v) is 8.17. The first-order chi connectivity index (χ1) is 17.7. The molecule has 1 saturated heterocycles. The molecule has 5 unspecified atom stereocenters. The van der Waals surface area contributed by atoms with Gasteiger partial charge in [0.15, 0.2) is 6.10 Å². The van der Waals surface area contributed by atoms with Crippen molar-refractivity contribution in [2.75, 3.05) is 18.4 Å². The van der Waals surface area contributed by atoms with Gasteiger partial charge in [-0.2, -0.15) is 0 Å². The molecule has 0 aromatic heterocycles. The number of halogens is 1. The number of benzene rings is 2. The lowest BCUT2D eigenvalue weighted by atomic mass is 9.99. The maximum Gasteiger partial charge on any atom is 0.495 e. The van der Waals surface area contributed by atoms with Crippen molar-refractivity contribution in [3.05, 3.63) is 59.7 Å². The minimum atomic E-state index is -2.00. The van der Waals surface area contributed by atoms with Gasteiger partial charge >= 0.3 is 12.2 Å². The average Bonchev–Trinajstić information content (AvgIpc) is 2.87. The fourth-order valence-electron chi connectivity index (χ4n) is 3.56. The van der Waals surface area contributed by atoms with E-state index in [0.717, 1.165) is 5.56 Å². The standard InChI is InChI=1S/C24H27FN2O10/c25-24(34)35-12-14-6-7-16(36-23-20(31)18(29)19(30)21(37-23)22(32)33)15(10-14)27-17(28)11-26-9-8-13-4-2-1-3-5-13/h1-7,10,18-21,23,26,29-31H,8-9,11-12H2,(H,27,28)(H,32,33). The van der Waals surface area contributed by atoms with Crippen LogP contribution >= 0.6 is 0 Å². The Balaban J connectivity index is 1.70. The maximum atomic E-state index is 12.5. The van der Waals surface area contributed by atoms with E-state index < -0.39 is 55.4 Å². The predicted molar refractivity (Wildman–Crippen MR) is 124 cm³/mol. The van der Waals surface area contributed by atoms with Crippen LogP contribution in [0, 0.1) is 0 Å². The van der Waals surface area contributed by atoms with Gasteiger partial charge in [0, 0.05) is 0 Å². The number of carbonyl (C=O) groups is 3. The van der Waals surface area contributed by atoms with Gasteiger partial charge in [-0.05, 0) is 36.2 Å².